The van der Waals surface area contributed by atoms with Gasteiger partial charge in [0.2, 0.25) is 0 Å². The Labute approximate surface area is 121 Å². The number of ether oxygens (including phenoxy) is 1. The fourth-order valence-electron chi connectivity index (χ4n) is 2.48. The molecule has 0 aliphatic carbocycles. The molecule has 0 fully saturated rings. The van der Waals surface area contributed by atoms with Crippen LogP contribution in [0.15, 0.2) is 36.8 Å². The second-order valence-electron chi connectivity index (χ2n) is 4.59. The van der Waals surface area contributed by atoms with Crippen LogP contribution in [0.2, 0.25) is 0 Å². The third-order valence-corrected chi connectivity index (χ3v) is 3.45. The Morgan fingerprint density at radius 1 is 1.29 bits per heavy atom. The number of aryl methyl sites for hydroxylation is 1. The van der Waals surface area contributed by atoms with Crippen molar-refractivity contribution < 1.29 is 4.74 Å². The van der Waals surface area contributed by atoms with Crippen LogP contribution in [0.1, 0.15) is 17.3 Å². The van der Waals surface area contributed by atoms with Gasteiger partial charge in [-0.05, 0) is 6.07 Å². The number of rotatable bonds is 4. The van der Waals surface area contributed by atoms with E-state index in [1.54, 1.807) is 30.4 Å². The second kappa shape index (κ2) is 5.47. The van der Waals surface area contributed by atoms with Crippen LogP contribution in [0.3, 0.4) is 0 Å². The molecule has 2 aromatic heterocycles. The van der Waals surface area contributed by atoms with Gasteiger partial charge in [0.25, 0.3) is 0 Å². The Bertz CT molecular complexity index is 764. The number of hydrazine groups is 1. The first-order chi connectivity index (χ1) is 10.3. The van der Waals surface area contributed by atoms with E-state index in [4.69, 9.17) is 10.6 Å². The molecule has 0 aliphatic heterocycles. The maximum atomic E-state index is 5.78. The molecule has 0 radical (unpaired) electrons. The Morgan fingerprint density at radius 3 is 2.86 bits per heavy atom. The van der Waals surface area contributed by atoms with Crippen molar-refractivity contribution in [2.75, 3.05) is 7.11 Å². The van der Waals surface area contributed by atoms with E-state index < -0.39 is 0 Å². The molecule has 1 atom stereocenters. The molecule has 3 aromatic rings. The minimum atomic E-state index is -0.298. The van der Waals surface area contributed by atoms with Gasteiger partial charge in [-0.3, -0.25) is 20.5 Å². The van der Waals surface area contributed by atoms with Crippen LogP contribution in [0, 0.1) is 0 Å². The number of hydrogen-bond donors (Lipinski definition) is 2. The number of benzene rings is 1. The van der Waals surface area contributed by atoms with Gasteiger partial charge in [0.15, 0.2) is 5.75 Å². The highest BCUT2D eigenvalue weighted by Gasteiger charge is 2.23. The van der Waals surface area contributed by atoms with E-state index in [0.29, 0.717) is 5.75 Å². The Hall–Kier alpha value is -2.51. The summed E-state index contributed by atoms with van der Waals surface area (Å²) >= 11 is 0. The zero-order valence-electron chi connectivity index (χ0n) is 11.8. The first kappa shape index (κ1) is 13.5. The van der Waals surface area contributed by atoms with Crippen molar-refractivity contribution in [1.29, 1.82) is 0 Å². The Kier molecular flexibility index (Phi) is 3.51. The fraction of sp³-hybridized carbons (Fsp3) is 0.214. The summed E-state index contributed by atoms with van der Waals surface area (Å²) in [6.07, 6.45) is 5.00. The summed E-state index contributed by atoms with van der Waals surface area (Å²) < 4.78 is 7.10. The van der Waals surface area contributed by atoms with E-state index in [-0.39, 0.29) is 6.04 Å². The summed E-state index contributed by atoms with van der Waals surface area (Å²) in [5, 5.41) is 4.22. The molecule has 3 N–H and O–H groups in total. The third kappa shape index (κ3) is 2.22. The molecule has 1 unspecified atom stereocenters. The fourth-order valence-corrected chi connectivity index (χ4v) is 2.48. The third-order valence-electron chi connectivity index (χ3n) is 3.45. The standard InChI is InChI=1S/C14H16N6O/c1-20-14(11(21-2)8-18-20)13(19-15)9-4-3-5-10-12(9)17-7-6-16-10/h3-8,13,19H,15H2,1-2H3. The van der Waals surface area contributed by atoms with Gasteiger partial charge in [0, 0.05) is 25.0 Å². The van der Waals surface area contributed by atoms with Crippen LogP contribution in [0.25, 0.3) is 11.0 Å². The van der Waals surface area contributed by atoms with Crippen LogP contribution in [0.5, 0.6) is 5.75 Å². The maximum Gasteiger partial charge on any atom is 0.161 e. The predicted molar refractivity (Wildman–Crippen MR) is 78.5 cm³/mol. The molecule has 0 saturated heterocycles. The summed E-state index contributed by atoms with van der Waals surface area (Å²) in [6.45, 7) is 0. The van der Waals surface area contributed by atoms with E-state index in [1.807, 2.05) is 25.2 Å². The molecule has 7 heteroatoms. The number of nitrogens with zero attached hydrogens (tertiary/aromatic N) is 4. The molecule has 0 saturated carbocycles. The molecule has 7 nitrogen and oxygen atoms in total. The van der Waals surface area contributed by atoms with Crippen LogP contribution in [0.4, 0.5) is 0 Å². The summed E-state index contributed by atoms with van der Waals surface area (Å²) in [5.41, 5.74) is 6.19. The van der Waals surface area contributed by atoms with Crippen LogP contribution in [-0.2, 0) is 7.05 Å². The predicted octanol–water partition coefficient (Wildman–Crippen LogP) is 0.925. The van der Waals surface area contributed by atoms with Gasteiger partial charge in [0.1, 0.15) is 5.69 Å². The van der Waals surface area contributed by atoms with Crippen molar-refractivity contribution in [1.82, 2.24) is 25.2 Å². The quantitative estimate of drug-likeness (QED) is 0.547. The van der Waals surface area contributed by atoms with Gasteiger partial charge in [-0.2, -0.15) is 5.10 Å². The van der Waals surface area contributed by atoms with Gasteiger partial charge < -0.3 is 4.74 Å². The minimum Gasteiger partial charge on any atom is -0.493 e. The van der Waals surface area contributed by atoms with Crippen molar-refractivity contribution in [3.63, 3.8) is 0 Å². The highest BCUT2D eigenvalue weighted by molar-refractivity contribution is 5.78. The van der Waals surface area contributed by atoms with Crippen LogP contribution in [-0.4, -0.2) is 26.9 Å². The number of aromatic nitrogens is 4. The van der Waals surface area contributed by atoms with Gasteiger partial charge >= 0.3 is 0 Å². The lowest BCUT2D eigenvalue weighted by molar-refractivity contribution is 0.401. The molecule has 0 aliphatic rings. The van der Waals surface area contributed by atoms with Gasteiger partial charge in [-0.25, -0.2) is 5.43 Å². The van der Waals surface area contributed by atoms with Crippen molar-refractivity contribution in [2.45, 2.75) is 6.04 Å². The summed E-state index contributed by atoms with van der Waals surface area (Å²) in [7, 11) is 3.45. The SMILES string of the molecule is COc1cnn(C)c1C(NN)c1cccc2nccnc12. The smallest absolute Gasteiger partial charge is 0.161 e. The highest BCUT2D eigenvalue weighted by Crippen LogP contribution is 2.31. The monoisotopic (exact) mass is 284 g/mol. The first-order valence-electron chi connectivity index (χ1n) is 6.48. The molecule has 21 heavy (non-hydrogen) atoms. The molecular formula is C14H16N6O. The largest absolute Gasteiger partial charge is 0.493 e. The number of fused-ring (bicyclic) bond motifs is 1. The van der Waals surface area contributed by atoms with Gasteiger partial charge in [-0.15, -0.1) is 0 Å². The molecule has 3 rings (SSSR count). The number of nitrogens with one attached hydrogen (secondary N) is 1. The summed E-state index contributed by atoms with van der Waals surface area (Å²) in [4.78, 5) is 8.74. The summed E-state index contributed by atoms with van der Waals surface area (Å²) in [5.74, 6) is 6.45. The van der Waals surface area contributed by atoms with Crippen LogP contribution >= 0.6 is 0 Å². The number of methoxy groups -OCH3 is 1. The Balaban J connectivity index is 2.21. The molecule has 2 heterocycles. The van der Waals surface area contributed by atoms with E-state index in [0.717, 1.165) is 22.3 Å². The van der Waals surface area contributed by atoms with E-state index in [2.05, 4.69) is 20.5 Å². The highest BCUT2D eigenvalue weighted by atomic mass is 16.5. The molecule has 1 aromatic carbocycles. The van der Waals surface area contributed by atoms with Crippen LogP contribution < -0.4 is 16.0 Å². The first-order valence-corrected chi connectivity index (χ1v) is 6.48. The lowest BCUT2D eigenvalue weighted by Crippen LogP contribution is -2.31. The molecule has 0 spiro atoms. The molecule has 0 bridgehead atoms. The molecule has 108 valence electrons. The number of nitrogens with two attached hydrogens (primary N) is 1. The summed E-state index contributed by atoms with van der Waals surface area (Å²) in [6, 6.07) is 5.51. The lowest BCUT2D eigenvalue weighted by atomic mass is 10.0. The van der Waals surface area contributed by atoms with Crippen molar-refractivity contribution in [3.05, 3.63) is 48.0 Å². The van der Waals surface area contributed by atoms with E-state index in [9.17, 15) is 0 Å². The second-order valence-corrected chi connectivity index (χ2v) is 4.59. The molecule has 0 amide bonds. The van der Waals surface area contributed by atoms with E-state index >= 15 is 0 Å². The van der Waals surface area contributed by atoms with Crippen molar-refractivity contribution in [2.24, 2.45) is 12.9 Å². The number of hydrogen-bond acceptors (Lipinski definition) is 6. The van der Waals surface area contributed by atoms with E-state index in [1.165, 1.54) is 0 Å². The average Bonchev–Trinajstić information content (AvgIpc) is 2.90. The lowest BCUT2D eigenvalue weighted by Gasteiger charge is -2.19. The van der Waals surface area contributed by atoms with Crippen molar-refractivity contribution >= 4 is 11.0 Å². The average molecular weight is 284 g/mol. The topological polar surface area (TPSA) is 90.9 Å². The normalized spacial score (nSPS) is 12.5. The zero-order chi connectivity index (χ0) is 14.8. The Morgan fingerprint density at radius 2 is 2.10 bits per heavy atom. The number of para-hydroxylation sites is 1. The molecular weight excluding hydrogens is 268 g/mol. The van der Waals surface area contributed by atoms with Gasteiger partial charge in [0.05, 0.1) is 30.4 Å². The minimum absolute atomic E-state index is 0.298. The maximum absolute atomic E-state index is 5.78. The van der Waals surface area contributed by atoms with Crippen molar-refractivity contribution in [3.8, 4) is 5.75 Å². The zero-order valence-corrected chi connectivity index (χ0v) is 11.8. The van der Waals surface area contributed by atoms with Gasteiger partial charge in [-0.1, -0.05) is 12.1 Å².